The van der Waals surface area contributed by atoms with Crippen molar-refractivity contribution in [1.82, 2.24) is 44.0 Å². The van der Waals surface area contributed by atoms with E-state index in [0.717, 1.165) is 73.3 Å². The fourth-order valence-corrected chi connectivity index (χ4v) is 23.0. The number of aliphatic imine (C=N–C) groups is 1. The predicted octanol–water partition coefficient (Wildman–Crippen LogP) is 23.9. The third-order valence-electron chi connectivity index (χ3n) is 28.4. The second-order valence-electron chi connectivity index (χ2n) is 39.8. The number of hydrogen-bond acceptors (Lipinski definition) is 15. The van der Waals surface area contributed by atoms with Gasteiger partial charge in [-0.3, -0.25) is 29.5 Å². The highest BCUT2D eigenvalue weighted by Gasteiger charge is 2.43. The van der Waals surface area contributed by atoms with E-state index < -0.39 is 21.2 Å². The number of benzene rings is 7. The molecule has 12 unspecified atom stereocenters. The van der Waals surface area contributed by atoms with Crippen LogP contribution in [0, 0.1) is 17.8 Å². The molecule has 18 rings (SSSR count). The lowest BCUT2D eigenvalue weighted by Gasteiger charge is -2.49. The zero-order chi connectivity index (χ0) is 92.2. The van der Waals surface area contributed by atoms with Crippen LogP contribution in [0.5, 0.6) is 0 Å². The van der Waals surface area contributed by atoms with E-state index in [1.54, 1.807) is 49.9 Å². The van der Waals surface area contributed by atoms with E-state index in [4.69, 9.17) is 20.2 Å². The number of nitrogens with two attached hydrogens (primary N) is 1. The van der Waals surface area contributed by atoms with E-state index in [0.29, 0.717) is 93.1 Å². The summed E-state index contributed by atoms with van der Waals surface area (Å²) in [6.07, 6.45) is 29.5. The SMILES string of the molecule is CC(C)(C)OC(=O)N1CCC(=O)CC1.CC(N)c1ccccc1.CC(N=C1CCN(C(=O)OC(C)(C)C)CC1)c1ccccc1.CC(c1ccccc1)N1CCCC2=C1CCCC2.CC(c1ccccc1)N1CCCC2CCCCC21.CC(c1ccccc1)N1CCCC2CN(S(=O)(=O)c3cccc4cnccc34)CCC21.CC(c1ccccc1)N1CCCC2CNCCC21. The number of aromatic nitrogens is 1. The first-order valence-electron chi connectivity index (χ1n) is 49.5. The average Bonchev–Trinajstić information content (AvgIpc) is 0.754. The van der Waals surface area contributed by atoms with Gasteiger partial charge < -0.3 is 35.2 Å². The number of piperidine rings is 7. The van der Waals surface area contributed by atoms with Gasteiger partial charge in [-0.15, -0.1) is 0 Å². The Morgan fingerprint density at radius 1 is 0.438 bits per heavy atom. The number of rotatable bonds is 13. The minimum atomic E-state index is -3.54. The van der Waals surface area contributed by atoms with Crippen molar-refractivity contribution in [2.45, 2.75) is 295 Å². The molecule has 19 heteroatoms. The van der Waals surface area contributed by atoms with E-state index in [2.05, 4.69) is 198 Å². The van der Waals surface area contributed by atoms with Crippen molar-refractivity contribution in [3.63, 3.8) is 0 Å². The number of Topliss-reactive ketones (excluding diaryl/α,β-unsaturated/α-hetero) is 1. The lowest BCUT2D eigenvalue weighted by molar-refractivity contribution is -0.121. The van der Waals surface area contributed by atoms with Gasteiger partial charge in [-0.05, 0) is 282 Å². The Bertz CT molecular complexity index is 4830. The molecule has 2 aliphatic carbocycles. The molecule has 7 aromatic carbocycles. The van der Waals surface area contributed by atoms with Gasteiger partial charge in [0.15, 0.2) is 0 Å². The zero-order valence-electron chi connectivity index (χ0n) is 80.6. The van der Waals surface area contributed by atoms with E-state index in [9.17, 15) is 22.8 Å². The third kappa shape index (κ3) is 28.8. The minimum Gasteiger partial charge on any atom is -0.444 e. The first kappa shape index (κ1) is 100. The van der Waals surface area contributed by atoms with Gasteiger partial charge in [0.2, 0.25) is 10.0 Å². The highest BCUT2D eigenvalue weighted by atomic mass is 32.2. The zero-order valence-corrected chi connectivity index (χ0v) is 81.4. The predicted molar refractivity (Wildman–Crippen MR) is 532 cm³/mol. The van der Waals surface area contributed by atoms with Gasteiger partial charge in [-0.1, -0.05) is 213 Å². The number of carbonyl (C=O) groups is 3. The fourth-order valence-electron chi connectivity index (χ4n) is 21.3. The summed E-state index contributed by atoms with van der Waals surface area (Å²) in [6.45, 7) is 35.6. The van der Waals surface area contributed by atoms with Gasteiger partial charge in [0.1, 0.15) is 17.0 Å². The van der Waals surface area contributed by atoms with E-state index in [1.165, 1.54) is 168 Å². The van der Waals surface area contributed by atoms with Crippen LogP contribution >= 0.6 is 0 Å². The monoisotopic (exact) mass is 1790 g/mol. The number of ketones is 1. The molecule has 12 atom stereocenters. The van der Waals surface area contributed by atoms with Crippen molar-refractivity contribution in [2.24, 2.45) is 28.5 Å². The summed E-state index contributed by atoms with van der Waals surface area (Å²) in [6, 6.07) is 75.7. The molecule has 702 valence electrons. The Morgan fingerprint density at radius 2 is 0.877 bits per heavy atom. The van der Waals surface area contributed by atoms with E-state index in [-0.39, 0.29) is 30.1 Å². The molecule has 2 amide bonds. The molecule has 8 aromatic rings. The first-order chi connectivity index (χ1) is 62.7. The van der Waals surface area contributed by atoms with Crippen LogP contribution in [0.1, 0.15) is 294 Å². The number of fused-ring (bicyclic) bond motifs is 4. The van der Waals surface area contributed by atoms with Gasteiger partial charge >= 0.3 is 12.2 Å². The van der Waals surface area contributed by atoms with E-state index >= 15 is 0 Å². The van der Waals surface area contributed by atoms with Crippen molar-refractivity contribution in [3.8, 4) is 0 Å². The van der Waals surface area contributed by atoms with Crippen LogP contribution in [0.15, 0.2) is 240 Å². The molecule has 1 saturated carbocycles. The summed E-state index contributed by atoms with van der Waals surface area (Å²) in [4.78, 5) is 58.0. The van der Waals surface area contributed by atoms with Crippen LogP contribution in [0.4, 0.5) is 9.59 Å². The molecule has 130 heavy (non-hydrogen) atoms. The smallest absolute Gasteiger partial charge is 0.410 e. The Balaban J connectivity index is 0.000000141. The maximum atomic E-state index is 13.6. The number of ether oxygens (including phenoxy) is 2. The number of nitrogens with one attached hydrogen (secondary N) is 1. The van der Waals surface area contributed by atoms with Crippen LogP contribution in [0.3, 0.4) is 0 Å². The number of allylic oxidation sites excluding steroid dienone is 2. The molecular formula is C111H155N11O7S. The molecule has 7 saturated heterocycles. The summed E-state index contributed by atoms with van der Waals surface area (Å²) >= 11 is 0. The van der Waals surface area contributed by atoms with Crippen LogP contribution in [-0.2, 0) is 24.3 Å². The van der Waals surface area contributed by atoms with Crippen LogP contribution in [-0.4, -0.2) is 179 Å². The number of carbonyl (C=O) groups excluding carboxylic acids is 3. The second kappa shape index (κ2) is 49.2. The highest BCUT2D eigenvalue weighted by molar-refractivity contribution is 7.89. The van der Waals surface area contributed by atoms with Crippen molar-refractivity contribution in [3.05, 3.63) is 263 Å². The molecule has 8 fully saturated rings. The maximum Gasteiger partial charge on any atom is 0.410 e. The molecule has 18 nitrogen and oxygen atoms in total. The standard InChI is InChI=1S/C25H29N3O2S.C18H26N2O2.C17H25N.C17H23N.C16H24N2.C10H17NO3.C8H11N/c1-19(20-7-3-2-4-8-20)28-15-6-10-22-18-27(16-13-24(22)28)31(29,30)25-11-5-9-21-17-26-14-12-23(21)25;1-14(15-8-6-5-7-9-15)19-16-10-12-20(13-11-16)17(21)22-18(2,3)4;2*1-14(15-8-3-2-4-9-15)18-13-7-11-16-10-5-6-12-17(16)18;1-13(14-6-3-2-4-7-14)18-11-5-8-15-12-17-10-9-16(15)18;1-10(2,3)14-9(13)11-6-4-8(12)5-7-11;1-7(9)8-5-3-2-4-6-8/h2-5,7-9,11-12,14,17,19,22,24H,6,10,13,15-16,18H2,1H3;5-9,14H,10-13H2,1-4H3;2-4,8-9,14,16-17H,5-7,10-13H2,1H3;2-4,8-9,14H,5-7,10-13H2,1H3;2-4,6-7,13,15-17H,5,8-12H2,1H3;4-7H2,1-3H3;2-7H,9H2,1H3. The molecule has 0 spiro atoms. The second-order valence-corrected chi connectivity index (χ2v) is 41.7. The largest absolute Gasteiger partial charge is 0.444 e. The maximum absolute atomic E-state index is 13.6. The van der Waals surface area contributed by atoms with Crippen LogP contribution in [0.2, 0.25) is 0 Å². The quantitative estimate of drug-likeness (QED) is 0.111. The number of nitrogens with zero attached hydrogens (tertiary/aromatic N) is 9. The fraction of sp³-hybridized carbons (Fsp3) is 0.541. The molecular weight excluding hydrogens is 1630 g/mol. The van der Waals surface area contributed by atoms with Gasteiger partial charge in [0.05, 0.1) is 17.0 Å². The van der Waals surface area contributed by atoms with Crippen molar-refractivity contribution in [2.75, 3.05) is 78.5 Å². The Kier molecular flexibility index (Phi) is 37.9. The van der Waals surface area contributed by atoms with Crippen LogP contribution < -0.4 is 11.1 Å². The van der Waals surface area contributed by atoms with Crippen molar-refractivity contribution < 1.29 is 32.3 Å². The van der Waals surface area contributed by atoms with Gasteiger partial charge in [0, 0.05) is 148 Å². The molecule has 0 radical (unpaired) electrons. The van der Waals surface area contributed by atoms with Gasteiger partial charge in [-0.25, -0.2) is 18.0 Å². The molecule has 0 bridgehead atoms. The number of amides is 2. The van der Waals surface area contributed by atoms with Gasteiger partial charge in [0.25, 0.3) is 0 Å². The lowest BCUT2D eigenvalue weighted by Crippen LogP contribution is -2.55. The highest BCUT2D eigenvalue weighted by Crippen LogP contribution is 2.43. The molecule has 3 N–H and O–H groups in total. The minimum absolute atomic E-state index is 0.159. The molecule has 8 aliphatic heterocycles. The number of pyridine rings is 1. The summed E-state index contributed by atoms with van der Waals surface area (Å²) in [7, 11) is -3.54. The third-order valence-corrected chi connectivity index (χ3v) is 30.3. The Morgan fingerprint density at radius 3 is 1.38 bits per heavy atom. The molecule has 10 aliphatic rings. The summed E-state index contributed by atoms with van der Waals surface area (Å²) in [5, 5.41) is 5.17. The molecule has 1 aromatic heterocycles. The normalized spacial score (nSPS) is 23.0. The number of likely N-dealkylation sites (tertiary alicyclic amines) is 5. The summed E-state index contributed by atoms with van der Waals surface area (Å²) < 4.78 is 39.5. The lowest BCUT2D eigenvalue weighted by atomic mass is 9.77. The summed E-state index contributed by atoms with van der Waals surface area (Å²) in [5.41, 5.74) is 17.5. The summed E-state index contributed by atoms with van der Waals surface area (Å²) in [5.74, 6) is 2.46. The molecule has 9 heterocycles. The van der Waals surface area contributed by atoms with Crippen molar-refractivity contribution in [1.29, 1.82) is 0 Å². The van der Waals surface area contributed by atoms with Crippen molar-refractivity contribution >= 4 is 44.5 Å². The number of sulfonamides is 1. The van der Waals surface area contributed by atoms with E-state index in [1.807, 2.05) is 109 Å². The number of hydrogen-bond donors (Lipinski definition) is 2. The Labute approximate surface area is 781 Å². The Hall–Kier alpha value is -8.92. The first-order valence-corrected chi connectivity index (χ1v) is 51.0. The topological polar surface area (TPSA) is 190 Å². The van der Waals surface area contributed by atoms with Gasteiger partial charge in [-0.2, -0.15) is 4.31 Å². The average molecular weight is 1790 g/mol. The van der Waals surface area contributed by atoms with Crippen LogP contribution in [0.25, 0.3) is 10.8 Å².